The van der Waals surface area contributed by atoms with Crippen LogP contribution in [0.2, 0.25) is 0 Å². The highest BCUT2D eigenvalue weighted by Gasteiger charge is 2.31. The van der Waals surface area contributed by atoms with E-state index in [1.165, 1.54) is 19.2 Å². The Balaban J connectivity index is 2.32. The van der Waals surface area contributed by atoms with Gasteiger partial charge in [0.05, 0.1) is 30.9 Å². The maximum atomic E-state index is 11.8. The first-order valence-corrected chi connectivity index (χ1v) is 6.70. The zero-order valence-electron chi connectivity index (χ0n) is 10.7. The molecule has 1 heterocycles. The fraction of sp³-hybridized carbons (Fsp3) is 0.417. The Bertz CT molecular complexity index is 537. The molecule has 1 aliphatic rings. The van der Waals surface area contributed by atoms with Gasteiger partial charge in [-0.25, -0.2) is 4.79 Å². The first kappa shape index (κ1) is 14.7. The number of hydrogen-bond donors (Lipinski definition) is 0. The molecule has 1 aromatic rings. The third-order valence-corrected chi connectivity index (χ3v) is 3.69. The summed E-state index contributed by atoms with van der Waals surface area (Å²) in [6, 6.07) is 3.89. The zero-order chi connectivity index (χ0) is 14.7. The average molecular weight is 345 g/mol. The molecule has 0 saturated carbocycles. The molecule has 0 radical (unpaired) electrons. The number of carbonyl (C=O) groups is 1. The number of anilines is 1. The Labute approximate surface area is 123 Å². The molecule has 20 heavy (non-hydrogen) atoms. The van der Waals surface area contributed by atoms with Crippen LogP contribution in [0.15, 0.2) is 22.7 Å². The van der Waals surface area contributed by atoms with Crippen molar-refractivity contribution in [3.8, 4) is 0 Å². The van der Waals surface area contributed by atoms with Crippen molar-refractivity contribution in [2.24, 2.45) is 0 Å². The molecule has 1 aliphatic heterocycles. The lowest BCUT2D eigenvalue weighted by Gasteiger charge is -2.35. The van der Waals surface area contributed by atoms with Gasteiger partial charge in [0, 0.05) is 23.2 Å². The molecule has 1 saturated heterocycles. The smallest absolute Gasteiger partial charge is 0.330 e. The van der Waals surface area contributed by atoms with E-state index in [1.54, 1.807) is 6.07 Å². The minimum atomic E-state index is -0.550. The van der Waals surface area contributed by atoms with Crippen LogP contribution < -0.4 is 4.90 Å². The summed E-state index contributed by atoms with van der Waals surface area (Å²) >= 11 is 3.31. The Morgan fingerprint density at radius 1 is 1.60 bits per heavy atom. The molecule has 0 aliphatic carbocycles. The van der Waals surface area contributed by atoms with E-state index < -0.39 is 16.9 Å². The van der Waals surface area contributed by atoms with Crippen molar-refractivity contribution in [1.29, 1.82) is 0 Å². The quantitative estimate of drug-likeness (QED) is 0.472. The minimum Gasteiger partial charge on any atom is -0.467 e. The van der Waals surface area contributed by atoms with Gasteiger partial charge in [0.15, 0.2) is 6.04 Å². The van der Waals surface area contributed by atoms with Crippen LogP contribution in [0.1, 0.15) is 0 Å². The second-order valence-electron chi connectivity index (χ2n) is 4.20. The number of methoxy groups -OCH3 is 1. The summed E-state index contributed by atoms with van der Waals surface area (Å²) in [6.07, 6.45) is 0. The molecule has 7 nitrogen and oxygen atoms in total. The molecule has 0 bridgehead atoms. The van der Waals surface area contributed by atoms with Crippen LogP contribution >= 0.6 is 15.9 Å². The number of nitro benzene ring substituents is 1. The molecule has 1 fully saturated rings. The molecule has 1 aromatic carbocycles. The molecule has 0 amide bonds. The SMILES string of the molecule is COC(=O)C1COCCN1c1ccc([N+](=O)[O-])cc1Br. The highest BCUT2D eigenvalue weighted by atomic mass is 79.9. The Kier molecular flexibility index (Phi) is 4.56. The normalized spacial score (nSPS) is 18.7. The van der Waals surface area contributed by atoms with Crippen molar-refractivity contribution in [2.45, 2.75) is 6.04 Å². The summed E-state index contributed by atoms with van der Waals surface area (Å²) in [5.74, 6) is -0.394. The summed E-state index contributed by atoms with van der Waals surface area (Å²) in [7, 11) is 1.32. The van der Waals surface area contributed by atoms with Gasteiger partial charge in [0.1, 0.15) is 0 Å². The molecule has 108 valence electrons. The number of morpholine rings is 1. The molecule has 2 rings (SSSR count). The molecule has 0 spiro atoms. The van der Waals surface area contributed by atoms with Crippen molar-refractivity contribution in [3.63, 3.8) is 0 Å². The number of hydrogen-bond acceptors (Lipinski definition) is 6. The van der Waals surface area contributed by atoms with E-state index in [1.807, 2.05) is 4.90 Å². The van der Waals surface area contributed by atoms with Crippen LogP contribution in [0.4, 0.5) is 11.4 Å². The van der Waals surface area contributed by atoms with Crippen molar-refractivity contribution in [3.05, 3.63) is 32.8 Å². The number of non-ortho nitro benzene ring substituents is 1. The zero-order valence-corrected chi connectivity index (χ0v) is 12.3. The molecule has 1 unspecified atom stereocenters. The van der Waals surface area contributed by atoms with E-state index in [2.05, 4.69) is 15.9 Å². The monoisotopic (exact) mass is 344 g/mol. The third kappa shape index (κ3) is 2.91. The fourth-order valence-electron chi connectivity index (χ4n) is 2.07. The fourth-order valence-corrected chi connectivity index (χ4v) is 2.66. The van der Waals surface area contributed by atoms with Crippen molar-refractivity contribution in [1.82, 2.24) is 0 Å². The van der Waals surface area contributed by atoms with Crippen molar-refractivity contribution < 1.29 is 19.2 Å². The highest BCUT2D eigenvalue weighted by molar-refractivity contribution is 9.10. The van der Waals surface area contributed by atoms with Crippen LogP contribution in [-0.2, 0) is 14.3 Å². The van der Waals surface area contributed by atoms with Crippen LogP contribution in [-0.4, -0.2) is 43.8 Å². The maximum absolute atomic E-state index is 11.8. The van der Waals surface area contributed by atoms with Crippen LogP contribution in [0.3, 0.4) is 0 Å². The number of nitro groups is 1. The van der Waals surface area contributed by atoms with Gasteiger partial charge < -0.3 is 14.4 Å². The van der Waals surface area contributed by atoms with Gasteiger partial charge in [-0.05, 0) is 22.0 Å². The Hall–Kier alpha value is -1.67. The van der Waals surface area contributed by atoms with Gasteiger partial charge in [0.2, 0.25) is 0 Å². The third-order valence-electron chi connectivity index (χ3n) is 3.05. The standard InChI is InChI=1S/C12H13BrN2O5/c1-19-12(16)11-7-20-5-4-14(11)10-3-2-8(15(17)18)6-9(10)13/h2-3,6,11H,4-5,7H2,1H3. The molecule has 0 N–H and O–H groups in total. The number of esters is 1. The Morgan fingerprint density at radius 2 is 2.35 bits per heavy atom. The summed E-state index contributed by atoms with van der Waals surface area (Å²) < 4.78 is 10.6. The molecular weight excluding hydrogens is 332 g/mol. The van der Waals surface area contributed by atoms with Gasteiger partial charge in [-0.1, -0.05) is 0 Å². The maximum Gasteiger partial charge on any atom is 0.330 e. The minimum absolute atomic E-state index is 0.0106. The van der Waals surface area contributed by atoms with Gasteiger partial charge in [-0.3, -0.25) is 10.1 Å². The number of rotatable bonds is 3. The lowest BCUT2D eigenvalue weighted by atomic mass is 10.2. The number of nitrogens with zero attached hydrogens (tertiary/aromatic N) is 2. The largest absolute Gasteiger partial charge is 0.467 e. The summed E-state index contributed by atoms with van der Waals surface area (Å²) in [6.45, 7) is 1.23. The topological polar surface area (TPSA) is 81.9 Å². The first-order chi connectivity index (χ1) is 9.54. The van der Waals surface area contributed by atoms with Crippen molar-refractivity contribution in [2.75, 3.05) is 31.8 Å². The first-order valence-electron chi connectivity index (χ1n) is 5.90. The highest BCUT2D eigenvalue weighted by Crippen LogP contribution is 2.32. The van der Waals surface area contributed by atoms with E-state index in [4.69, 9.17) is 9.47 Å². The molecule has 8 heteroatoms. The van der Waals surface area contributed by atoms with Crippen LogP contribution in [0.25, 0.3) is 0 Å². The second-order valence-corrected chi connectivity index (χ2v) is 5.05. The van der Waals surface area contributed by atoms with E-state index in [0.29, 0.717) is 23.3 Å². The second kappa shape index (κ2) is 6.19. The summed E-state index contributed by atoms with van der Waals surface area (Å²) in [5.41, 5.74) is 0.692. The van der Waals surface area contributed by atoms with E-state index >= 15 is 0 Å². The number of benzene rings is 1. The number of ether oxygens (including phenoxy) is 2. The molecule has 0 aromatic heterocycles. The van der Waals surface area contributed by atoms with Crippen LogP contribution in [0.5, 0.6) is 0 Å². The predicted octanol–water partition coefficient (Wildman–Crippen LogP) is 1.74. The molecular formula is C12H13BrN2O5. The van der Waals surface area contributed by atoms with Gasteiger partial charge in [0.25, 0.3) is 5.69 Å². The van der Waals surface area contributed by atoms with Crippen molar-refractivity contribution >= 4 is 33.3 Å². The lowest BCUT2D eigenvalue weighted by molar-refractivity contribution is -0.384. The number of halogens is 1. The van der Waals surface area contributed by atoms with Gasteiger partial charge in [-0.15, -0.1) is 0 Å². The predicted molar refractivity (Wildman–Crippen MR) is 74.8 cm³/mol. The number of carbonyl (C=O) groups excluding carboxylic acids is 1. The molecule has 1 atom stereocenters. The van der Waals surface area contributed by atoms with Gasteiger partial charge in [-0.2, -0.15) is 0 Å². The summed E-state index contributed by atoms with van der Waals surface area (Å²) in [5, 5.41) is 10.7. The van der Waals surface area contributed by atoms with E-state index in [-0.39, 0.29) is 12.3 Å². The lowest BCUT2D eigenvalue weighted by Crippen LogP contribution is -2.50. The van der Waals surface area contributed by atoms with E-state index in [9.17, 15) is 14.9 Å². The summed E-state index contributed by atoms with van der Waals surface area (Å²) in [4.78, 5) is 23.9. The Morgan fingerprint density at radius 3 is 2.95 bits per heavy atom. The van der Waals surface area contributed by atoms with Gasteiger partial charge >= 0.3 is 5.97 Å². The van der Waals surface area contributed by atoms with E-state index in [0.717, 1.165) is 0 Å². The average Bonchev–Trinajstić information content (AvgIpc) is 2.46. The van der Waals surface area contributed by atoms with Crippen LogP contribution in [0, 0.1) is 10.1 Å².